The van der Waals surface area contributed by atoms with E-state index in [0.717, 1.165) is 38.6 Å². The molecule has 0 saturated heterocycles. The van der Waals surface area contributed by atoms with E-state index < -0.39 is 0 Å². The minimum Gasteiger partial charge on any atom is -0.361 e. The minimum atomic E-state index is -0.356. The number of hydrogen-bond donors (Lipinski definition) is 2. The quantitative estimate of drug-likeness (QED) is 0.353. The second-order valence-electron chi connectivity index (χ2n) is 8.04. The molecule has 0 aliphatic carbocycles. The largest absolute Gasteiger partial charge is 0.361 e. The molecule has 3 aromatic heterocycles. The predicted molar refractivity (Wildman–Crippen MR) is 128 cm³/mol. The third kappa shape index (κ3) is 4.43. The third-order valence-corrected chi connectivity index (χ3v) is 5.88. The maximum atomic E-state index is 14.4. The Labute approximate surface area is 194 Å². The number of carbonyl (C=O) groups excluding carboxylic acids is 1. The summed E-state index contributed by atoms with van der Waals surface area (Å²) in [5.41, 5.74) is 5.35. The van der Waals surface area contributed by atoms with Crippen molar-refractivity contribution < 1.29 is 9.18 Å². The van der Waals surface area contributed by atoms with Crippen molar-refractivity contribution in [1.29, 1.82) is 0 Å². The number of H-pyrrole nitrogens is 1. The van der Waals surface area contributed by atoms with Gasteiger partial charge in [-0.15, -0.1) is 0 Å². The van der Waals surface area contributed by atoms with E-state index in [9.17, 15) is 9.18 Å². The van der Waals surface area contributed by atoms with Crippen molar-refractivity contribution in [2.24, 2.45) is 0 Å². The second-order valence-corrected chi connectivity index (χ2v) is 8.47. The van der Waals surface area contributed by atoms with Crippen molar-refractivity contribution in [2.75, 3.05) is 0 Å². The Bertz CT molecular complexity index is 1510. The van der Waals surface area contributed by atoms with Gasteiger partial charge in [0.2, 0.25) is 0 Å². The number of halogens is 2. The SMILES string of the molecule is Cc1c[nH]c2cc(F)c(CNC(=O)c3ccnc(Cc4ccc5ncc(Cl)cc5c4)c3)cc12. The van der Waals surface area contributed by atoms with Crippen LogP contribution in [0.3, 0.4) is 0 Å². The van der Waals surface area contributed by atoms with E-state index in [2.05, 4.69) is 20.3 Å². The zero-order valence-corrected chi connectivity index (χ0v) is 18.6. The van der Waals surface area contributed by atoms with E-state index in [1.54, 1.807) is 30.6 Å². The highest BCUT2D eigenvalue weighted by molar-refractivity contribution is 6.31. The van der Waals surface area contributed by atoms with Crippen LogP contribution < -0.4 is 5.32 Å². The maximum Gasteiger partial charge on any atom is 0.251 e. The molecule has 7 heteroatoms. The first-order chi connectivity index (χ1) is 16.0. The van der Waals surface area contributed by atoms with Crippen molar-refractivity contribution in [2.45, 2.75) is 19.9 Å². The number of pyridine rings is 2. The Balaban J connectivity index is 1.31. The lowest BCUT2D eigenvalue weighted by atomic mass is 10.0. The molecule has 0 radical (unpaired) electrons. The number of benzene rings is 2. The van der Waals surface area contributed by atoms with Crippen LogP contribution in [0.1, 0.15) is 32.7 Å². The Morgan fingerprint density at radius 3 is 2.88 bits per heavy atom. The van der Waals surface area contributed by atoms with Gasteiger partial charge in [-0.3, -0.25) is 14.8 Å². The molecule has 0 atom stereocenters. The van der Waals surface area contributed by atoms with Crippen molar-refractivity contribution in [3.05, 3.63) is 106 Å². The number of aryl methyl sites for hydroxylation is 1. The number of nitrogens with one attached hydrogen (secondary N) is 2. The summed E-state index contributed by atoms with van der Waals surface area (Å²) in [5, 5.41) is 5.29. The van der Waals surface area contributed by atoms with Crippen LogP contribution in [0.2, 0.25) is 5.02 Å². The molecule has 0 aliphatic rings. The van der Waals surface area contributed by atoms with Gasteiger partial charge >= 0.3 is 0 Å². The molecular weight excluding hydrogens is 439 g/mol. The van der Waals surface area contributed by atoms with E-state index in [1.165, 1.54) is 6.07 Å². The average Bonchev–Trinajstić information content (AvgIpc) is 3.16. The predicted octanol–water partition coefficient (Wildman–Crippen LogP) is 5.73. The third-order valence-electron chi connectivity index (χ3n) is 5.67. The molecule has 0 aliphatic heterocycles. The molecule has 164 valence electrons. The Morgan fingerprint density at radius 2 is 2.00 bits per heavy atom. The lowest BCUT2D eigenvalue weighted by Gasteiger charge is -2.09. The molecule has 5 nitrogen and oxygen atoms in total. The summed E-state index contributed by atoms with van der Waals surface area (Å²) in [7, 11) is 0. The molecule has 0 spiro atoms. The summed E-state index contributed by atoms with van der Waals surface area (Å²) >= 11 is 6.06. The number of carbonyl (C=O) groups is 1. The Morgan fingerprint density at radius 1 is 1.12 bits per heavy atom. The number of aromatic nitrogens is 3. The van der Waals surface area contributed by atoms with Gasteiger partial charge in [-0.05, 0) is 60.5 Å². The molecule has 3 heterocycles. The van der Waals surface area contributed by atoms with Gasteiger partial charge < -0.3 is 10.3 Å². The van der Waals surface area contributed by atoms with Crippen molar-refractivity contribution in [3.8, 4) is 0 Å². The lowest BCUT2D eigenvalue weighted by molar-refractivity contribution is 0.0950. The van der Waals surface area contributed by atoms with Gasteiger partial charge in [0, 0.05) is 64.7 Å². The molecule has 0 unspecified atom stereocenters. The molecule has 33 heavy (non-hydrogen) atoms. The van der Waals surface area contributed by atoms with Gasteiger partial charge in [0.25, 0.3) is 5.91 Å². The number of rotatable bonds is 5. The fraction of sp³-hybridized carbons (Fsp3) is 0.115. The van der Waals surface area contributed by atoms with Crippen molar-refractivity contribution in [1.82, 2.24) is 20.3 Å². The Kier molecular flexibility index (Phi) is 5.52. The monoisotopic (exact) mass is 458 g/mol. The van der Waals surface area contributed by atoms with Crippen LogP contribution in [0.5, 0.6) is 0 Å². The van der Waals surface area contributed by atoms with Gasteiger partial charge in [-0.1, -0.05) is 17.7 Å². The van der Waals surface area contributed by atoms with Crippen LogP contribution in [-0.4, -0.2) is 20.9 Å². The number of nitrogens with zero attached hydrogens (tertiary/aromatic N) is 2. The molecule has 0 bridgehead atoms. The van der Waals surface area contributed by atoms with Crippen LogP contribution in [0.4, 0.5) is 4.39 Å². The Hall–Kier alpha value is -3.77. The molecular formula is C26H20ClFN4O. The van der Waals surface area contributed by atoms with Crippen LogP contribution in [-0.2, 0) is 13.0 Å². The summed E-state index contributed by atoms with van der Waals surface area (Å²) in [4.78, 5) is 24.5. The summed E-state index contributed by atoms with van der Waals surface area (Å²) in [5.74, 6) is -0.635. The molecule has 5 rings (SSSR count). The van der Waals surface area contributed by atoms with Gasteiger partial charge in [-0.2, -0.15) is 0 Å². The van der Waals surface area contributed by atoms with E-state index in [-0.39, 0.29) is 18.3 Å². The zero-order chi connectivity index (χ0) is 22.9. The molecule has 0 saturated carbocycles. The van der Waals surface area contributed by atoms with Crippen LogP contribution in [0, 0.1) is 12.7 Å². The van der Waals surface area contributed by atoms with Gasteiger partial charge in [0.15, 0.2) is 0 Å². The zero-order valence-electron chi connectivity index (χ0n) is 17.8. The highest BCUT2D eigenvalue weighted by Crippen LogP contribution is 2.22. The van der Waals surface area contributed by atoms with E-state index in [4.69, 9.17) is 11.6 Å². The molecule has 1 amide bonds. The van der Waals surface area contributed by atoms with E-state index >= 15 is 0 Å². The normalized spacial score (nSPS) is 11.2. The highest BCUT2D eigenvalue weighted by Gasteiger charge is 2.12. The van der Waals surface area contributed by atoms with Crippen LogP contribution in [0.25, 0.3) is 21.8 Å². The lowest BCUT2D eigenvalue weighted by Crippen LogP contribution is -2.23. The number of fused-ring (bicyclic) bond motifs is 2. The molecule has 2 N–H and O–H groups in total. The second kappa shape index (κ2) is 8.64. The smallest absolute Gasteiger partial charge is 0.251 e. The number of aromatic amines is 1. The van der Waals surface area contributed by atoms with Crippen LogP contribution >= 0.6 is 11.6 Å². The van der Waals surface area contributed by atoms with Crippen molar-refractivity contribution >= 4 is 39.3 Å². The van der Waals surface area contributed by atoms with Crippen molar-refractivity contribution in [3.63, 3.8) is 0 Å². The highest BCUT2D eigenvalue weighted by atomic mass is 35.5. The van der Waals surface area contributed by atoms with Gasteiger partial charge in [0.05, 0.1) is 10.5 Å². The fourth-order valence-electron chi connectivity index (χ4n) is 3.93. The number of hydrogen-bond acceptors (Lipinski definition) is 3. The summed E-state index contributed by atoms with van der Waals surface area (Å²) < 4.78 is 14.4. The summed E-state index contributed by atoms with van der Waals surface area (Å²) in [6, 6.07) is 14.5. The first-order valence-electron chi connectivity index (χ1n) is 10.5. The minimum absolute atomic E-state index is 0.0985. The maximum absolute atomic E-state index is 14.4. The first-order valence-corrected chi connectivity index (χ1v) is 10.9. The topological polar surface area (TPSA) is 70.7 Å². The van der Waals surface area contributed by atoms with Crippen LogP contribution in [0.15, 0.2) is 67.1 Å². The van der Waals surface area contributed by atoms with Gasteiger partial charge in [0.1, 0.15) is 5.82 Å². The molecule has 2 aromatic carbocycles. The molecule has 5 aromatic rings. The molecule has 0 fully saturated rings. The first kappa shape index (κ1) is 21.1. The average molecular weight is 459 g/mol. The fourth-order valence-corrected chi connectivity index (χ4v) is 4.10. The standard InChI is InChI=1S/C26H20ClFN4O/c1-15-12-30-25-11-23(28)19(10-22(15)25)13-32-26(33)17-4-5-29-21(9-17)7-16-2-3-24-18(6-16)8-20(27)14-31-24/h2-6,8-12,14,30H,7,13H2,1H3,(H,32,33). The van der Waals surface area contributed by atoms with Gasteiger partial charge in [-0.25, -0.2) is 4.39 Å². The summed E-state index contributed by atoms with van der Waals surface area (Å²) in [6.45, 7) is 2.06. The number of amides is 1. The van der Waals surface area contributed by atoms with E-state index in [1.807, 2.05) is 37.4 Å². The summed E-state index contributed by atoms with van der Waals surface area (Å²) in [6.07, 6.45) is 5.63. The van der Waals surface area contributed by atoms with E-state index in [0.29, 0.717) is 22.6 Å².